The largest absolute Gasteiger partial charge is 0.459 e. The maximum Gasteiger partial charge on any atom is 0.340 e. The smallest absolute Gasteiger partial charge is 0.340 e. The Morgan fingerprint density at radius 2 is 1.75 bits per heavy atom. The quantitative estimate of drug-likeness (QED) is 0.372. The lowest BCUT2D eigenvalue weighted by Crippen LogP contribution is -2.33. The summed E-state index contributed by atoms with van der Waals surface area (Å²) in [6.07, 6.45) is -4.64. The summed E-state index contributed by atoms with van der Waals surface area (Å²) in [4.78, 5) is 22.7. The molecule has 4 nitrogen and oxygen atoms in total. The highest BCUT2D eigenvalue weighted by Crippen LogP contribution is 2.28. The first-order chi connectivity index (χ1) is 11.1. The molecule has 0 saturated carbocycles. The fraction of sp³-hybridized carbons (Fsp3) is 0.429. The van der Waals surface area contributed by atoms with Crippen LogP contribution in [0.15, 0.2) is 18.2 Å². The minimum Gasteiger partial charge on any atom is -0.459 e. The van der Waals surface area contributed by atoms with Gasteiger partial charge in [-0.1, -0.05) is 23.2 Å². The first-order valence-electron chi connectivity index (χ1n) is 6.59. The van der Waals surface area contributed by atoms with Gasteiger partial charge in [-0.3, -0.25) is 9.59 Å². The topological polar surface area (TPSA) is 52.6 Å². The van der Waals surface area contributed by atoms with Crippen LogP contribution >= 0.6 is 23.2 Å². The Balaban J connectivity index is 2.33. The van der Waals surface area contributed by atoms with Crippen molar-refractivity contribution in [1.29, 1.82) is 0 Å². The molecule has 0 bridgehead atoms. The molecule has 0 aromatic heterocycles. The molecule has 0 spiro atoms. The van der Waals surface area contributed by atoms with Crippen molar-refractivity contribution >= 4 is 35.1 Å². The van der Waals surface area contributed by atoms with Crippen molar-refractivity contribution in [3.8, 4) is 5.75 Å². The minimum atomic E-state index is -4.40. The zero-order valence-electron chi connectivity index (χ0n) is 12.0. The predicted octanol–water partition coefficient (Wildman–Crippen LogP) is 4.51. The number of alkyl halides is 4. The molecule has 0 atom stereocenters. The van der Waals surface area contributed by atoms with Gasteiger partial charge in [-0.15, -0.1) is 0 Å². The molecule has 24 heavy (non-hydrogen) atoms. The van der Waals surface area contributed by atoms with E-state index in [0.29, 0.717) is 5.02 Å². The molecular weight excluding hydrogens is 379 g/mol. The van der Waals surface area contributed by atoms with E-state index in [-0.39, 0.29) is 23.6 Å². The second-order valence-electron chi connectivity index (χ2n) is 4.62. The highest BCUT2D eigenvalue weighted by molar-refractivity contribution is 6.34. The van der Waals surface area contributed by atoms with E-state index in [1.165, 1.54) is 18.2 Å². The SMILES string of the molecule is O=C(CCCC(=O)Oc1cc(Cl)ccc1Cl)OCC(F)(F)C(F)F. The van der Waals surface area contributed by atoms with E-state index in [1.54, 1.807) is 0 Å². The second kappa shape index (κ2) is 9.08. The maximum atomic E-state index is 12.5. The monoisotopic (exact) mass is 390 g/mol. The molecule has 0 heterocycles. The Hall–Kier alpha value is -1.54. The highest BCUT2D eigenvalue weighted by atomic mass is 35.5. The summed E-state index contributed by atoms with van der Waals surface area (Å²) < 4.78 is 57.8. The van der Waals surface area contributed by atoms with Gasteiger partial charge >= 0.3 is 24.3 Å². The van der Waals surface area contributed by atoms with Crippen molar-refractivity contribution in [3.05, 3.63) is 28.2 Å². The standard InChI is InChI=1S/C14H12Cl2F4O4/c15-8-4-5-9(16)10(6-8)24-12(22)3-1-2-11(21)23-7-14(19,20)13(17)18/h4-6,13H,1-3,7H2. The van der Waals surface area contributed by atoms with Crippen LogP contribution in [0.5, 0.6) is 5.75 Å². The highest BCUT2D eigenvalue weighted by Gasteiger charge is 2.42. The first kappa shape index (κ1) is 20.5. The van der Waals surface area contributed by atoms with Gasteiger partial charge in [0, 0.05) is 23.9 Å². The van der Waals surface area contributed by atoms with E-state index in [9.17, 15) is 27.2 Å². The van der Waals surface area contributed by atoms with Gasteiger partial charge < -0.3 is 9.47 Å². The summed E-state index contributed by atoms with van der Waals surface area (Å²) in [6, 6.07) is 4.24. The van der Waals surface area contributed by atoms with E-state index >= 15 is 0 Å². The van der Waals surface area contributed by atoms with Crippen molar-refractivity contribution in [3.63, 3.8) is 0 Å². The number of carbonyl (C=O) groups is 2. The van der Waals surface area contributed by atoms with Gasteiger partial charge in [0.2, 0.25) is 0 Å². The molecule has 0 radical (unpaired) electrons. The number of hydrogen-bond acceptors (Lipinski definition) is 4. The normalized spacial score (nSPS) is 11.5. The van der Waals surface area contributed by atoms with E-state index < -0.39 is 37.3 Å². The van der Waals surface area contributed by atoms with Gasteiger partial charge in [0.05, 0.1) is 5.02 Å². The van der Waals surface area contributed by atoms with E-state index in [0.717, 1.165) is 0 Å². The Morgan fingerprint density at radius 1 is 1.12 bits per heavy atom. The van der Waals surface area contributed by atoms with Crippen LogP contribution in [0.3, 0.4) is 0 Å². The molecule has 0 aliphatic carbocycles. The van der Waals surface area contributed by atoms with Crippen LogP contribution in [0.2, 0.25) is 10.0 Å². The van der Waals surface area contributed by atoms with Crippen molar-refractivity contribution < 1.29 is 36.6 Å². The van der Waals surface area contributed by atoms with E-state index in [1.807, 2.05) is 0 Å². The molecule has 0 amide bonds. The molecule has 1 aromatic carbocycles. The van der Waals surface area contributed by atoms with Crippen molar-refractivity contribution in [1.82, 2.24) is 0 Å². The molecule has 0 unspecified atom stereocenters. The predicted molar refractivity (Wildman–Crippen MR) is 77.9 cm³/mol. The fourth-order valence-corrected chi connectivity index (χ4v) is 1.74. The average molecular weight is 391 g/mol. The number of rotatable bonds is 8. The number of esters is 2. The molecule has 0 N–H and O–H groups in total. The number of benzene rings is 1. The van der Waals surface area contributed by atoms with Crippen LogP contribution in [-0.4, -0.2) is 30.9 Å². The van der Waals surface area contributed by atoms with Crippen molar-refractivity contribution in [2.75, 3.05) is 6.61 Å². The van der Waals surface area contributed by atoms with E-state index in [2.05, 4.69) is 4.74 Å². The van der Waals surface area contributed by atoms with E-state index in [4.69, 9.17) is 27.9 Å². The molecule has 1 rings (SSSR count). The van der Waals surface area contributed by atoms with Crippen LogP contribution < -0.4 is 4.74 Å². The van der Waals surface area contributed by atoms with Gasteiger partial charge in [0.1, 0.15) is 0 Å². The Labute approximate surface area is 144 Å². The summed E-state index contributed by atoms with van der Waals surface area (Å²) in [5, 5.41) is 0.451. The van der Waals surface area contributed by atoms with Crippen LogP contribution in [0.4, 0.5) is 17.6 Å². The van der Waals surface area contributed by atoms with Gasteiger partial charge in [-0.05, 0) is 18.6 Å². The summed E-state index contributed by atoms with van der Waals surface area (Å²) in [7, 11) is 0. The average Bonchev–Trinajstić information content (AvgIpc) is 2.49. The lowest BCUT2D eigenvalue weighted by Gasteiger charge is -2.14. The number of halogens is 6. The molecule has 0 saturated heterocycles. The Kier molecular flexibility index (Phi) is 7.75. The third-order valence-electron chi connectivity index (χ3n) is 2.62. The molecule has 1 aromatic rings. The zero-order valence-corrected chi connectivity index (χ0v) is 13.6. The van der Waals surface area contributed by atoms with Gasteiger partial charge in [0.15, 0.2) is 12.4 Å². The molecule has 134 valence electrons. The van der Waals surface area contributed by atoms with Gasteiger partial charge in [-0.25, -0.2) is 8.78 Å². The Morgan fingerprint density at radius 3 is 2.38 bits per heavy atom. The lowest BCUT2D eigenvalue weighted by molar-refractivity contribution is -0.179. The summed E-state index contributed by atoms with van der Waals surface area (Å²) in [6.45, 7) is -1.72. The van der Waals surface area contributed by atoms with Crippen LogP contribution in [0.1, 0.15) is 19.3 Å². The Bertz CT molecular complexity index is 596. The second-order valence-corrected chi connectivity index (χ2v) is 5.47. The van der Waals surface area contributed by atoms with Crippen molar-refractivity contribution in [2.24, 2.45) is 0 Å². The number of hydrogen-bond donors (Lipinski definition) is 0. The molecule has 10 heteroatoms. The summed E-state index contributed by atoms with van der Waals surface area (Å²) >= 11 is 11.5. The van der Waals surface area contributed by atoms with Crippen LogP contribution in [-0.2, 0) is 14.3 Å². The minimum absolute atomic E-state index is 0.0355. The first-order valence-corrected chi connectivity index (χ1v) is 7.34. The molecule has 0 aliphatic heterocycles. The summed E-state index contributed by atoms with van der Waals surface area (Å²) in [5.74, 6) is -6.22. The van der Waals surface area contributed by atoms with Gasteiger partial charge in [0.25, 0.3) is 0 Å². The fourth-order valence-electron chi connectivity index (χ4n) is 1.42. The van der Waals surface area contributed by atoms with Gasteiger partial charge in [-0.2, -0.15) is 8.78 Å². The third kappa shape index (κ3) is 6.92. The van der Waals surface area contributed by atoms with Crippen LogP contribution in [0.25, 0.3) is 0 Å². The summed E-state index contributed by atoms with van der Waals surface area (Å²) in [5.41, 5.74) is 0. The molecule has 0 fully saturated rings. The molecule has 0 aliphatic rings. The zero-order chi connectivity index (χ0) is 18.3. The third-order valence-corrected chi connectivity index (χ3v) is 3.17. The molecular formula is C14H12Cl2F4O4. The maximum absolute atomic E-state index is 12.5. The number of carbonyl (C=O) groups excluding carboxylic acids is 2. The lowest BCUT2D eigenvalue weighted by atomic mass is 10.2. The van der Waals surface area contributed by atoms with Crippen molar-refractivity contribution in [2.45, 2.75) is 31.6 Å². The van der Waals surface area contributed by atoms with Crippen LogP contribution in [0, 0.1) is 0 Å². The number of ether oxygens (including phenoxy) is 2.